The molecule has 0 bridgehead atoms. The lowest BCUT2D eigenvalue weighted by Gasteiger charge is -2.04. The molecule has 1 heterocycles. The largest absolute Gasteiger partial charge is 0.433 e. The second-order valence-corrected chi connectivity index (χ2v) is 2.40. The standard InChI is InChI=1S/C6H6F3N3O/c1-12-4(6(7,8)9)2-3(11-12)5(10)13/h2H,1H3,(H2,10,13). The highest BCUT2D eigenvalue weighted by Gasteiger charge is 2.35. The molecule has 0 radical (unpaired) electrons. The first-order valence-electron chi connectivity index (χ1n) is 3.23. The minimum Gasteiger partial charge on any atom is -0.364 e. The fourth-order valence-electron chi connectivity index (χ4n) is 0.853. The van der Waals surface area contributed by atoms with Gasteiger partial charge < -0.3 is 5.73 Å². The van der Waals surface area contributed by atoms with Gasteiger partial charge in [-0.25, -0.2) is 0 Å². The summed E-state index contributed by atoms with van der Waals surface area (Å²) in [6.07, 6.45) is -4.52. The molecule has 13 heavy (non-hydrogen) atoms. The van der Waals surface area contributed by atoms with Crippen molar-refractivity contribution in [2.45, 2.75) is 6.18 Å². The monoisotopic (exact) mass is 193 g/mol. The zero-order valence-corrected chi connectivity index (χ0v) is 6.59. The molecule has 0 unspecified atom stereocenters. The molecule has 7 heteroatoms. The minimum atomic E-state index is -4.52. The Morgan fingerprint density at radius 1 is 1.62 bits per heavy atom. The van der Waals surface area contributed by atoms with Crippen LogP contribution in [0, 0.1) is 0 Å². The lowest BCUT2D eigenvalue weighted by molar-refractivity contribution is -0.143. The van der Waals surface area contributed by atoms with Gasteiger partial charge in [-0.15, -0.1) is 0 Å². The molecular weight excluding hydrogens is 187 g/mol. The van der Waals surface area contributed by atoms with Crippen LogP contribution in [0.15, 0.2) is 6.07 Å². The molecule has 0 atom stereocenters. The van der Waals surface area contributed by atoms with Crippen LogP contribution in [0.3, 0.4) is 0 Å². The number of rotatable bonds is 1. The van der Waals surface area contributed by atoms with E-state index in [0.717, 1.165) is 7.05 Å². The molecule has 1 aromatic rings. The highest BCUT2D eigenvalue weighted by atomic mass is 19.4. The fourth-order valence-corrected chi connectivity index (χ4v) is 0.853. The van der Waals surface area contributed by atoms with Gasteiger partial charge in [-0.2, -0.15) is 18.3 Å². The van der Waals surface area contributed by atoms with Crippen molar-refractivity contribution < 1.29 is 18.0 Å². The van der Waals surface area contributed by atoms with Crippen molar-refractivity contribution in [1.29, 1.82) is 0 Å². The zero-order chi connectivity index (χ0) is 10.2. The third kappa shape index (κ3) is 1.79. The first kappa shape index (κ1) is 9.56. The van der Waals surface area contributed by atoms with Crippen LogP contribution in [0.1, 0.15) is 16.2 Å². The molecule has 0 aliphatic rings. The Balaban J connectivity index is 3.18. The summed E-state index contributed by atoms with van der Waals surface area (Å²) < 4.78 is 36.9. The molecular formula is C6H6F3N3O. The maximum atomic E-state index is 12.1. The molecule has 1 amide bonds. The van der Waals surface area contributed by atoms with E-state index < -0.39 is 23.5 Å². The third-order valence-corrected chi connectivity index (χ3v) is 1.42. The van der Waals surface area contributed by atoms with Crippen molar-refractivity contribution >= 4 is 5.91 Å². The first-order valence-corrected chi connectivity index (χ1v) is 3.23. The van der Waals surface area contributed by atoms with E-state index in [2.05, 4.69) is 5.10 Å². The normalized spacial score (nSPS) is 11.7. The van der Waals surface area contributed by atoms with Crippen LogP contribution in [0.25, 0.3) is 0 Å². The fraction of sp³-hybridized carbons (Fsp3) is 0.333. The lowest BCUT2D eigenvalue weighted by Crippen LogP contribution is -2.12. The average molecular weight is 193 g/mol. The van der Waals surface area contributed by atoms with Crippen LogP contribution in [-0.2, 0) is 13.2 Å². The number of nitrogens with zero attached hydrogens (tertiary/aromatic N) is 2. The van der Waals surface area contributed by atoms with Crippen LogP contribution in [-0.4, -0.2) is 15.7 Å². The summed E-state index contributed by atoms with van der Waals surface area (Å²) in [5, 5.41) is 3.30. The minimum absolute atomic E-state index is 0.394. The molecule has 2 N–H and O–H groups in total. The maximum Gasteiger partial charge on any atom is 0.433 e. The average Bonchev–Trinajstić information content (AvgIpc) is 2.29. The van der Waals surface area contributed by atoms with Crippen LogP contribution >= 0.6 is 0 Å². The van der Waals surface area contributed by atoms with E-state index in [9.17, 15) is 18.0 Å². The Morgan fingerprint density at radius 3 is 2.38 bits per heavy atom. The van der Waals surface area contributed by atoms with E-state index in [4.69, 9.17) is 5.73 Å². The summed E-state index contributed by atoms with van der Waals surface area (Å²) >= 11 is 0. The Bertz CT molecular complexity index is 341. The van der Waals surface area contributed by atoms with Crippen molar-refractivity contribution in [3.63, 3.8) is 0 Å². The molecule has 0 fully saturated rings. The SMILES string of the molecule is Cn1nc(C(N)=O)cc1C(F)(F)F. The molecule has 0 saturated carbocycles. The number of carbonyl (C=O) groups is 1. The molecule has 0 spiro atoms. The topological polar surface area (TPSA) is 60.9 Å². The van der Waals surface area contributed by atoms with Gasteiger partial charge in [0.05, 0.1) is 0 Å². The summed E-state index contributed by atoms with van der Waals surface area (Å²) in [4.78, 5) is 10.5. The molecule has 0 aromatic carbocycles. The number of nitrogens with two attached hydrogens (primary N) is 1. The maximum absolute atomic E-state index is 12.1. The van der Waals surface area contributed by atoms with Gasteiger partial charge in [0, 0.05) is 13.1 Å². The summed E-state index contributed by atoms with van der Waals surface area (Å²) in [5.74, 6) is -0.980. The van der Waals surface area contributed by atoms with E-state index in [-0.39, 0.29) is 0 Å². The predicted octanol–water partition coefficient (Wildman–Crippen LogP) is 0.538. The molecule has 4 nitrogen and oxygen atoms in total. The number of aromatic nitrogens is 2. The van der Waals surface area contributed by atoms with E-state index in [0.29, 0.717) is 10.7 Å². The van der Waals surface area contributed by atoms with Crippen LogP contribution < -0.4 is 5.73 Å². The first-order chi connectivity index (χ1) is 5.82. The van der Waals surface area contributed by atoms with Gasteiger partial charge >= 0.3 is 6.18 Å². The Labute approximate surface area is 71.1 Å². The van der Waals surface area contributed by atoms with Gasteiger partial charge in [0.25, 0.3) is 5.91 Å². The summed E-state index contributed by atoms with van der Waals surface area (Å²) in [6, 6.07) is 0.613. The van der Waals surface area contributed by atoms with Crippen molar-refractivity contribution in [2.24, 2.45) is 12.8 Å². The summed E-state index contributed by atoms with van der Waals surface area (Å²) in [5.41, 5.74) is 3.36. The van der Waals surface area contributed by atoms with Crippen molar-refractivity contribution in [3.8, 4) is 0 Å². The van der Waals surface area contributed by atoms with Gasteiger partial charge in [-0.3, -0.25) is 9.48 Å². The Hall–Kier alpha value is -1.53. The lowest BCUT2D eigenvalue weighted by atomic mass is 10.3. The number of carbonyl (C=O) groups excluding carboxylic acids is 1. The molecule has 72 valence electrons. The number of halogens is 3. The second kappa shape index (κ2) is 2.75. The molecule has 1 rings (SSSR count). The smallest absolute Gasteiger partial charge is 0.364 e. The number of hydrogen-bond donors (Lipinski definition) is 1. The molecule has 0 saturated heterocycles. The Kier molecular flexibility index (Phi) is 2.02. The molecule has 1 aromatic heterocycles. The predicted molar refractivity (Wildman–Crippen MR) is 36.7 cm³/mol. The van der Waals surface area contributed by atoms with Crippen molar-refractivity contribution in [3.05, 3.63) is 17.5 Å². The van der Waals surface area contributed by atoms with E-state index in [1.165, 1.54) is 0 Å². The van der Waals surface area contributed by atoms with E-state index in [1.807, 2.05) is 0 Å². The summed E-state index contributed by atoms with van der Waals surface area (Å²) in [7, 11) is 1.09. The molecule has 0 aliphatic heterocycles. The van der Waals surface area contributed by atoms with Gasteiger partial charge in [0.2, 0.25) is 0 Å². The quantitative estimate of drug-likeness (QED) is 0.707. The van der Waals surface area contributed by atoms with Gasteiger partial charge in [-0.05, 0) is 0 Å². The third-order valence-electron chi connectivity index (χ3n) is 1.42. The van der Waals surface area contributed by atoms with E-state index >= 15 is 0 Å². The van der Waals surface area contributed by atoms with Gasteiger partial charge in [0.15, 0.2) is 5.69 Å². The van der Waals surface area contributed by atoms with Gasteiger partial charge in [-0.1, -0.05) is 0 Å². The second-order valence-electron chi connectivity index (χ2n) is 2.40. The molecule has 0 aliphatic carbocycles. The highest BCUT2D eigenvalue weighted by Crippen LogP contribution is 2.28. The summed E-state index contributed by atoms with van der Waals surface area (Å²) in [6.45, 7) is 0. The van der Waals surface area contributed by atoms with E-state index in [1.54, 1.807) is 0 Å². The number of amides is 1. The van der Waals surface area contributed by atoms with Gasteiger partial charge in [0.1, 0.15) is 5.69 Å². The van der Waals surface area contributed by atoms with Crippen molar-refractivity contribution in [1.82, 2.24) is 9.78 Å². The zero-order valence-electron chi connectivity index (χ0n) is 6.59. The number of primary amides is 1. The Morgan fingerprint density at radius 2 is 2.15 bits per heavy atom. The van der Waals surface area contributed by atoms with Crippen LogP contribution in [0.4, 0.5) is 13.2 Å². The number of aryl methyl sites for hydroxylation is 1. The number of alkyl halides is 3. The van der Waals surface area contributed by atoms with Crippen molar-refractivity contribution in [2.75, 3.05) is 0 Å². The number of hydrogen-bond acceptors (Lipinski definition) is 2. The van der Waals surface area contributed by atoms with Crippen LogP contribution in [0.2, 0.25) is 0 Å². The highest BCUT2D eigenvalue weighted by molar-refractivity contribution is 5.90. The van der Waals surface area contributed by atoms with Crippen LogP contribution in [0.5, 0.6) is 0 Å².